The maximum Gasteiger partial charge on any atom is 0.343 e. The van der Waals surface area contributed by atoms with Crippen LogP contribution in [0.15, 0.2) is 85.1 Å². The first-order chi connectivity index (χ1) is 17.5. The predicted octanol–water partition coefficient (Wildman–Crippen LogP) is 8.15. The summed E-state index contributed by atoms with van der Waals surface area (Å²) in [6, 6.07) is 23.1. The number of carbonyl (C=O) groups is 1. The van der Waals surface area contributed by atoms with E-state index < -0.39 is 0 Å². The van der Waals surface area contributed by atoms with Crippen LogP contribution >= 0.6 is 0 Å². The van der Waals surface area contributed by atoms with Crippen molar-refractivity contribution in [3.63, 3.8) is 0 Å². The van der Waals surface area contributed by atoms with Gasteiger partial charge in [0, 0.05) is 5.92 Å². The van der Waals surface area contributed by atoms with Crippen LogP contribution in [0.4, 0.5) is 0 Å². The van der Waals surface area contributed by atoms with Crippen molar-refractivity contribution in [2.45, 2.75) is 58.5 Å². The van der Waals surface area contributed by atoms with Crippen molar-refractivity contribution in [1.29, 1.82) is 0 Å². The molecule has 1 aliphatic heterocycles. The fourth-order valence-electron chi connectivity index (χ4n) is 4.41. The van der Waals surface area contributed by atoms with Crippen molar-refractivity contribution in [2.24, 2.45) is 5.92 Å². The minimum Gasteiger partial charge on any atom is -0.495 e. The van der Waals surface area contributed by atoms with E-state index in [1.54, 1.807) is 12.1 Å². The molecule has 0 N–H and O–H groups in total. The SMILES string of the molecule is C=C1OC(CCCCCCOc2ccc(C(=O)Oc3ccc(-c4ccc(C)cc4)cc3)cc2)CC1C. The van der Waals surface area contributed by atoms with Gasteiger partial charge in [0.15, 0.2) is 0 Å². The lowest BCUT2D eigenvalue weighted by atomic mass is 10.0. The second-order valence-corrected chi connectivity index (χ2v) is 9.70. The number of rotatable bonds is 11. The molecule has 0 bridgehead atoms. The normalized spacial score (nSPS) is 17.0. The first-order valence-corrected chi connectivity index (χ1v) is 13.0. The molecular formula is C32H36O4. The van der Waals surface area contributed by atoms with Gasteiger partial charge in [0.25, 0.3) is 0 Å². The molecule has 4 nitrogen and oxygen atoms in total. The van der Waals surface area contributed by atoms with Crippen molar-refractivity contribution < 1.29 is 19.0 Å². The van der Waals surface area contributed by atoms with Crippen molar-refractivity contribution in [1.82, 2.24) is 0 Å². The molecule has 1 fully saturated rings. The maximum absolute atomic E-state index is 12.5. The molecule has 2 unspecified atom stereocenters. The molecule has 0 amide bonds. The zero-order valence-corrected chi connectivity index (χ0v) is 21.4. The minimum absolute atomic E-state index is 0.354. The van der Waals surface area contributed by atoms with Gasteiger partial charge >= 0.3 is 5.97 Å². The smallest absolute Gasteiger partial charge is 0.343 e. The van der Waals surface area contributed by atoms with E-state index in [1.807, 2.05) is 36.4 Å². The monoisotopic (exact) mass is 484 g/mol. The number of aryl methyl sites for hydroxylation is 1. The maximum atomic E-state index is 12.5. The van der Waals surface area contributed by atoms with E-state index in [4.69, 9.17) is 14.2 Å². The molecule has 188 valence electrons. The zero-order valence-electron chi connectivity index (χ0n) is 21.4. The lowest BCUT2D eigenvalue weighted by Crippen LogP contribution is -2.08. The largest absolute Gasteiger partial charge is 0.495 e. The topological polar surface area (TPSA) is 44.8 Å². The van der Waals surface area contributed by atoms with Gasteiger partial charge in [-0.2, -0.15) is 0 Å². The Morgan fingerprint density at radius 1 is 0.861 bits per heavy atom. The highest BCUT2D eigenvalue weighted by atomic mass is 16.5. The summed E-state index contributed by atoms with van der Waals surface area (Å²) in [5.41, 5.74) is 3.94. The molecular weight excluding hydrogens is 448 g/mol. The molecule has 1 aliphatic rings. The Balaban J connectivity index is 1.14. The summed E-state index contributed by atoms with van der Waals surface area (Å²) < 4.78 is 17.2. The third kappa shape index (κ3) is 7.24. The molecule has 3 aromatic rings. The summed E-state index contributed by atoms with van der Waals surface area (Å²) in [5.74, 6) is 2.35. The summed E-state index contributed by atoms with van der Waals surface area (Å²) in [5, 5.41) is 0. The number of ether oxygens (including phenoxy) is 3. The molecule has 0 radical (unpaired) electrons. The van der Waals surface area contributed by atoms with Crippen LogP contribution in [-0.2, 0) is 4.74 Å². The highest BCUT2D eigenvalue weighted by molar-refractivity contribution is 5.91. The van der Waals surface area contributed by atoms with E-state index in [0.717, 1.165) is 48.3 Å². The number of esters is 1. The molecule has 4 rings (SSSR count). The summed E-state index contributed by atoms with van der Waals surface area (Å²) in [7, 11) is 0. The Morgan fingerprint density at radius 3 is 2.11 bits per heavy atom. The van der Waals surface area contributed by atoms with Gasteiger partial charge in [0.1, 0.15) is 11.5 Å². The van der Waals surface area contributed by atoms with Crippen LogP contribution in [0.2, 0.25) is 0 Å². The van der Waals surface area contributed by atoms with Gasteiger partial charge < -0.3 is 14.2 Å². The van der Waals surface area contributed by atoms with Gasteiger partial charge in [-0.3, -0.25) is 0 Å². The number of hydrogen-bond acceptors (Lipinski definition) is 4. The molecule has 4 heteroatoms. The lowest BCUT2D eigenvalue weighted by Gasteiger charge is -2.10. The highest BCUT2D eigenvalue weighted by Gasteiger charge is 2.25. The number of hydrogen-bond donors (Lipinski definition) is 0. The molecule has 1 heterocycles. The second-order valence-electron chi connectivity index (χ2n) is 9.70. The predicted molar refractivity (Wildman–Crippen MR) is 144 cm³/mol. The van der Waals surface area contributed by atoms with Crippen LogP contribution in [0.5, 0.6) is 11.5 Å². The summed E-state index contributed by atoms with van der Waals surface area (Å²) in [6.45, 7) is 8.89. The van der Waals surface area contributed by atoms with Crippen molar-refractivity contribution in [2.75, 3.05) is 6.61 Å². The number of allylic oxidation sites excluding steroid dienone is 1. The van der Waals surface area contributed by atoms with Crippen LogP contribution in [0.1, 0.15) is 61.4 Å². The third-order valence-electron chi connectivity index (χ3n) is 6.71. The van der Waals surface area contributed by atoms with Crippen LogP contribution < -0.4 is 9.47 Å². The van der Waals surface area contributed by atoms with Crippen molar-refractivity contribution in [3.05, 3.63) is 96.3 Å². The molecule has 1 saturated heterocycles. The minimum atomic E-state index is -0.381. The molecule has 0 aliphatic carbocycles. The number of carbonyl (C=O) groups excluding carboxylic acids is 1. The Bertz CT molecular complexity index is 1130. The van der Waals surface area contributed by atoms with E-state index in [0.29, 0.717) is 29.9 Å². The molecule has 0 spiro atoms. The number of benzene rings is 3. The van der Waals surface area contributed by atoms with E-state index >= 15 is 0 Å². The van der Waals surface area contributed by atoms with Crippen LogP contribution in [0.25, 0.3) is 11.1 Å². The third-order valence-corrected chi connectivity index (χ3v) is 6.71. The Hall–Kier alpha value is -3.53. The summed E-state index contributed by atoms with van der Waals surface area (Å²) in [4.78, 5) is 12.5. The van der Waals surface area contributed by atoms with Crippen LogP contribution in [0, 0.1) is 12.8 Å². The van der Waals surface area contributed by atoms with E-state index in [-0.39, 0.29) is 5.97 Å². The Kier molecular flexibility index (Phi) is 8.83. The zero-order chi connectivity index (χ0) is 25.3. The van der Waals surface area contributed by atoms with E-state index in [9.17, 15) is 4.79 Å². The average Bonchev–Trinajstić information content (AvgIpc) is 3.21. The molecule has 0 aromatic heterocycles. The molecule has 36 heavy (non-hydrogen) atoms. The van der Waals surface area contributed by atoms with Gasteiger partial charge in [-0.1, -0.05) is 68.3 Å². The van der Waals surface area contributed by atoms with Crippen LogP contribution in [0.3, 0.4) is 0 Å². The van der Waals surface area contributed by atoms with Crippen molar-refractivity contribution >= 4 is 5.97 Å². The first-order valence-electron chi connectivity index (χ1n) is 13.0. The van der Waals surface area contributed by atoms with Gasteiger partial charge in [-0.25, -0.2) is 4.79 Å². The quantitative estimate of drug-likeness (QED) is 0.156. The van der Waals surface area contributed by atoms with E-state index in [1.165, 1.54) is 18.4 Å². The summed E-state index contributed by atoms with van der Waals surface area (Å²) >= 11 is 0. The fraction of sp³-hybridized carbons (Fsp3) is 0.344. The average molecular weight is 485 g/mol. The van der Waals surface area contributed by atoms with Crippen LogP contribution in [-0.4, -0.2) is 18.7 Å². The first kappa shape index (κ1) is 25.6. The fourth-order valence-corrected chi connectivity index (χ4v) is 4.41. The standard InChI is InChI=1S/C32H36O4/c1-23-9-11-26(12-10-23)27-13-19-30(20-14-27)36-32(33)28-15-17-29(18-16-28)34-21-7-5-4-6-8-31-22-24(2)25(3)35-31/h9-20,24,31H,3-8,21-22H2,1-2H3. The summed E-state index contributed by atoms with van der Waals surface area (Å²) in [6.07, 6.45) is 7.07. The van der Waals surface area contributed by atoms with Gasteiger partial charge in [0.2, 0.25) is 0 Å². The highest BCUT2D eigenvalue weighted by Crippen LogP contribution is 2.30. The molecule has 2 atom stereocenters. The second kappa shape index (κ2) is 12.4. The van der Waals surface area contributed by atoms with Crippen molar-refractivity contribution in [3.8, 4) is 22.6 Å². The van der Waals surface area contributed by atoms with Gasteiger partial charge in [-0.15, -0.1) is 0 Å². The lowest BCUT2D eigenvalue weighted by molar-refractivity contribution is 0.0734. The van der Waals surface area contributed by atoms with Gasteiger partial charge in [0.05, 0.1) is 24.0 Å². The Labute approximate surface area is 214 Å². The number of unbranched alkanes of at least 4 members (excludes halogenated alkanes) is 3. The molecule has 3 aromatic carbocycles. The Morgan fingerprint density at radius 2 is 1.47 bits per heavy atom. The van der Waals surface area contributed by atoms with Gasteiger partial charge in [-0.05, 0) is 80.1 Å². The van der Waals surface area contributed by atoms with E-state index in [2.05, 4.69) is 44.7 Å². The molecule has 0 saturated carbocycles.